The zero-order valence-electron chi connectivity index (χ0n) is 11.9. The molecule has 3 rings (SSSR count). The molecule has 1 atom stereocenters. The number of ether oxygens (including phenoxy) is 1. The number of carbonyl (C=O) groups is 1. The molecule has 0 spiro atoms. The van der Waals surface area contributed by atoms with Crippen LogP contribution in [0.3, 0.4) is 0 Å². The molecular formula is C16H22N2O2. The van der Waals surface area contributed by atoms with Crippen molar-refractivity contribution in [2.24, 2.45) is 0 Å². The number of hydrogen-bond donors (Lipinski definition) is 2. The fraction of sp³-hybridized carbons (Fsp3) is 0.562. The molecule has 108 valence electrons. The van der Waals surface area contributed by atoms with Gasteiger partial charge in [0.15, 0.2) is 0 Å². The minimum absolute atomic E-state index is 0.162. The molecule has 0 radical (unpaired) electrons. The highest BCUT2D eigenvalue weighted by molar-refractivity contribution is 5.76. The predicted octanol–water partition coefficient (Wildman–Crippen LogP) is 1.94. The van der Waals surface area contributed by atoms with Gasteiger partial charge in [-0.1, -0.05) is 12.1 Å². The molecule has 0 aromatic heterocycles. The maximum Gasteiger partial charge on any atom is 0.221 e. The smallest absolute Gasteiger partial charge is 0.221 e. The van der Waals surface area contributed by atoms with E-state index in [0.29, 0.717) is 19.0 Å². The SMILES string of the molecule is CC(NCCC(=O)NC1CC1)c1ccc2c(c1)CCO2. The van der Waals surface area contributed by atoms with Gasteiger partial charge in [-0.15, -0.1) is 0 Å². The highest BCUT2D eigenvalue weighted by atomic mass is 16.5. The number of amides is 1. The summed E-state index contributed by atoms with van der Waals surface area (Å²) in [5, 5.41) is 6.42. The Labute approximate surface area is 119 Å². The zero-order valence-corrected chi connectivity index (χ0v) is 11.9. The van der Waals surface area contributed by atoms with Gasteiger partial charge in [-0.05, 0) is 37.0 Å². The first-order valence-electron chi connectivity index (χ1n) is 7.51. The van der Waals surface area contributed by atoms with Gasteiger partial charge in [-0.25, -0.2) is 0 Å². The van der Waals surface area contributed by atoms with E-state index in [9.17, 15) is 4.79 Å². The molecule has 1 aliphatic heterocycles. The Morgan fingerprint density at radius 2 is 2.30 bits per heavy atom. The summed E-state index contributed by atoms with van der Waals surface area (Å²) >= 11 is 0. The Hall–Kier alpha value is -1.55. The lowest BCUT2D eigenvalue weighted by atomic mass is 10.0. The average molecular weight is 274 g/mol. The molecule has 1 saturated carbocycles. The third kappa shape index (κ3) is 3.31. The molecule has 1 unspecified atom stereocenters. The Morgan fingerprint density at radius 1 is 1.45 bits per heavy atom. The number of nitrogens with one attached hydrogen (secondary N) is 2. The second-order valence-corrected chi connectivity index (χ2v) is 5.73. The maximum atomic E-state index is 11.6. The Morgan fingerprint density at radius 3 is 3.10 bits per heavy atom. The number of hydrogen-bond acceptors (Lipinski definition) is 3. The van der Waals surface area contributed by atoms with Gasteiger partial charge in [-0.2, -0.15) is 0 Å². The lowest BCUT2D eigenvalue weighted by Gasteiger charge is -2.15. The molecule has 4 heteroatoms. The number of rotatable bonds is 6. The average Bonchev–Trinajstić information content (AvgIpc) is 3.12. The fourth-order valence-corrected chi connectivity index (χ4v) is 2.52. The van der Waals surface area contributed by atoms with Crippen molar-refractivity contribution >= 4 is 5.91 Å². The van der Waals surface area contributed by atoms with Crippen LogP contribution >= 0.6 is 0 Å². The van der Waals surface area contributed by atoms with Crippen molar-refractivity contribution in [3.63, 3.8) is 0 Å². The van der Waals surface area contributed by atoms with Crippen molar-refractivity contribution in [3.05, 3.63) is 29.3 Å². The number of fused-ring (bicyclic) bond motifs is 1. The van der Waals surface area contributed by atoms with Crippen molar-refractivity contribution in [1.29, 1.82) is 0 Å². The van der Waals surface area contributed by atoms with Gasteiger partial charge >= 0.3 is 0 Å². The minimum atomic E-state index is 0.162. The molecule has 0 bridgehead atoms. The van der Waals surface area contributed by atoms with E-state index >= 15 is 0 Å². The Balaban J connectivity index is 1.46. The van der Waals surface area contributed by atoms with Gasteiger partial charge in [0.05, 0.1) is 6.61 Å². The van der Waals surface area contributed by atoms with Gasteiger partial charge in [0.2, 0.25) is 5.91 Å². The van der Waals surface area contributed by atoms with E-state index < -0.39 is 0 Å². The van der Waals surface area contributed by atoms with E-state index in [2.05, 4.69) is 35.8 Å². The van der Waals surface area contributed by atoms with Crippen molar-refractivity contribution in [2.45, 2.75) is 44.7 Å². The van der Waals surface area contributed by atoms with Crippen molar-refractivity contribution < 1.29 is 9.53 Å². The molecule has 1 fully saturated rings. The first kappa shape index (κ1) is 13.4. The van der Waals surface area contributed by atoms with Crippen LogP contribution in [0.25, 0.3) is 0 Å². The molecule has 1 amide bonds. The Kier molecular flexibility index (Phi) is 3.92. The van der Waals surface area contributed by atoms with E-state index in [1.807, 2.05) is 0 Å². The largest absolute Gasteiger partial charge is 0.493 e. The third-order valence-electron chi connectivity index (χ3n) is 3.96. The van der Waals surface area contributed by atoms with Crippen LogP contribution in [0.15, 0.2) is 18.2 Å². The molecule has 20 heavy (non-hydrogen) atoms. The van der Waals surface area contributed by atoms with E-state index in [1.165, 1.54) is 11.1 Å². The van der Waals surface area contributed by atoms with Crippen molar-refractivity contribution in [1.82, 2.24) is 10.6 Å². The predicted molar refractivity (Wildman–Crippen MR) is 77.8 cm³/mol. The van der Waals surface area contributed by atoms with Crippen LogP contribution < -0.4 is 15.4 Å². The number of benzene rings is 1. The first-order chi connectivity index (χ1) is 9.72. The molecule has 2 N–H and O–H groups in total. The molecule has 1 aromatic carbocycles. The molecule has 2 aliphatic rings. The molecule has 4 nitrogen and oxygen atoms in total. The van der Waals surface area contributed by atoms with Crippen LogP contribution in [0.2, 0.25) is 0 Å². The first-order valence-corrected chi connectivity index (χ1v) is 7.51. The lowest BCUT2D eigenvalue weighted by Crippen LogP contribution is -2.30. The van der Waals surface area contributed by atoms with E-state index in [1.54, 1.807) is 0 Å². The van der Waals surface area contributed by atoms with E-state index in [4.69, 9.17) is 4.74 Å². The van der Waals surface area contributed by atoms with E-state index in [-0.39, 0.29) is 11.9 Å². The number of carbonyl (C=O) groups excluding carboxylic acids is 1. The summed E-state index contributed by atoms with van der Waals surface area (Å²) in [7, 11) is 0. The third-order valence-corrected chi connectivity index (χ3v) is 3.96. The monoisotopic (exact) mass is 274 g/mol. The summed E-state index contributed by atoms with van der Waals surface area (Å²) in [5.74, 6) is 1.18. The van der Waals surface area contributed by atoms with Gasteiger partial charge in [0.1, 0.15) is 5.75 Å². The van der Waals surface area contributed by atoms with Gasteiger partial charge < -0.3 is 15.4 Å². The highest BCUT2D eigenvalue weighted by Gasteiger charge is 2.22. The normalized spacial score (nSPS) is 18.2. The second kappa shape index (κ2) is 5.83. The van der Waals surface area contributed by atoms with Crippen LogP contribution in [0, 0.1) is 0 Å². The Bertz CT molecular complexity index is 497. The minimum Gasteiger partial charge on any atom is -0.493 e. The molecule has 1 aliphatic carbocycles. The van der Waals surface area contributed by atoms with Crippen LogP contribution in [0.5, 0.6) is 5.75 Å². The summed E-state index contributed by atoms with van der Waals surface area (Å²) in [6, 6.07) is 7.08. The van der Waals surface area contributed by atoms with Gasteiger partial charge in [0, 0.05) is 31.5 Å². The standard InChI is InChI=1S/C16H22N2O2/c1-11(17-8-6-16(19)18-14-3-4-14)12-2-5-15-13(10-12)7-9-20-15/h2,5,10-11,14,17H,3-4,6-9H2,1H3,(H,18,19). The van der Waals surface area contributed by atoms with Crippen LogP contribution in [0.1, 0.15) is 43.4 Å². The summed E-state index contributed by atoms with van der Waals surface area (Å²) in [6.07, 6.45) is 3.84. The lowest BCUT2D eigenvalue weighted by molar-refractivity contribution is -0.121. The van der Waals surface area contributed by atoms with Gasteiger partial charge in [-0.3, -0.25) is 4.79 Å². The maximum absolute atomic E-state index is 11.6. The van der Waals surface area contributed by atoms with Crippen LogP contribution in [-0.4, -0.2) is 25.1 Å². The molecule has 0 saturated heterocycles. The summed E-state index contributed by atoms with van der Waals surface area (Å²) in [6.45, 7) is 3.64. The molecule has 1 heterocycles. The van der Waals surface area contributed by atoms with Crippen molar-refractivity contribution in [2.75, 3.05) is 13.2 Å². The van der Waals surface area contributed by atoms with Crippen molar-refractivity contribution in [3.8, 4) is 5.75 Å². The summed E-state index contributed by atoms with van der Waals surface area (Å²) in [4.78, 5) is 11.6. The van der Waals surface area contributed by atoms with Crippen LogP contribution in [-0.2, 0) is 11.2 Å². The topological polar surface area (TPSA) is 50.4 Å². The highest BCUT2D eigenvalue weighted by Crippen LogP contribution is 2.28. The quantitative estimate of drug-likeness (QED) is 0.833. The molecular weight excluding hydrogens is 252 g/mol. The summed E-state index contributed by atoms with van der Waals surface area (Å²) < 4.78 is 5.52. The summed E-state index contributed by atoms with van der Waals surface area (Å²) in [5.41, 5.74) is 2.56. The fourth-order valence-electron chi connectivity index (χ4n) is 2.52. The van der Waals surface area contributed by atoms with E-state index in [0.717, 1.165) is 31.6 Å². The molecule has 1 aromatic rings. The zero-order chi connectivity index (χ0) is 13.9. The second-order valence-electron chi connectivity index (χ2n) is 5.73. The van der Waals surface area contributed by atoms with Gasteiger partial charge in [0.25, 0.3) is 0 Å². The van der Waals surface area contributed by atoms with Crippen LogP contribution in [0.4, 0.5) is 0 Å².